The summed E-state index contributed by atoms with van der Waals surface area (Å²) in [6, 6.07) is 8.53. The topological polar surface area (TPSA) is 45.9 Å². The van der Waals surface area contributed by atoms with Crippen LogP contribution in [-0.2, 0) is 0 Å². The monoisotopic (exact) mass is 233 g/mol. The second kappa shape index (κ2) is 4.41. The first-order valence-corrected chi connectivity index (χ1v) is 5.14. The molecule has 0 bridgehead atoms. The Bertz CT molecular complexity index is 497. The molecule has 2 aromatic rings. The van der Waals surface area contributed by atoms with Crippen molar-refractivity contribution in [1.29, 1.82) is 0 Å². The van der Waals surface area contributed by atoms with Gasteiger partial charge in [-0.15, -0.1) is 0 Å². The fourth-order valence-corrected chi connectivity index (χ4v) is 1.44. The van der Waals surface area contributed by atoms with Crippen molar-refractivity contribution in [2.45, 2.75) is 6.92 Å². The van der Waals surface area contributed by atoms with Gasteiger partial charge in [-0.25, -0.2) is 0 Å². The summed E-state index contributed by atoms with van der Waals surface area (Å²) in [7, 11) is 0. The normalized spacial score (nSPS) is 10.1. The predicted octanol–water partition coefficient (Wildman–Crippen LogP) is 3.75. The van der Waals surface area contributed by atoms with E-state index in [1.165, 1.54) is 0 Å². The fourth-order valence-electron chi connectivity index (χ4n) is 1.23. The second-order valence-corrected chi connectivity index (χ2v) is 3.79. The number of aryl methyl sites for hydroxylation is 1. The lowest BCUT2D eigenvalue weighted by atomic mass is 10.3. The molecule has 81 valence electrons. The lowest BCUT2D eigenvalue weighted by molar-refractivity contribution is 0.480. The molecule has 0 fully saturated rings. The molecule has 0 amide bonds. The van der Waals surface area contributed by atoms with Gasteiger partial charge in [0.2, 0.25) is 0 Å². The summed E-state index contributed by atoms with van der Waals surface area (Å²) >= 11 is 5.95. The summed E-state index contributed by atoms with van der Waals surface area (Å²) in [4.78, 5) is 4.12. The fraction of sp³-hybridized carbons (Fsp3) is 0.0833. The maximum atomic E-state index is 7.39. The van der Waals surface area contributed by atoms with Crippen LogP contribution in [-0.4, -0.2) is 4.98 Å². The Kier molecular flexibility index (Phi) is 2.97. The van der Waals surface area contributed by atoms with Crippen LogP contribution in [0.1, 0.15) is 5.69 Å². The summed E-state index contributed by atoms with van der Waals surface area (Å²) in [6.07, 6.45) is 1.64. The highest BCUT2D eigenvalue weighted by molar-refractivity contribution is 6.32. The number of pyridine rings is 1. The molecule has 0 aliphatic rings. The molecule has 0 saturated carbocycles. The van der Waals surface area contributed by atoms with Gasteiger partial charge in [0.05, 0.1) is 16.9 Å². The maximum Gasteiger partial charge on any atom is 0.146 e. The summed E-state index contributed by atoms with van der Waals surface area (Å²) in [5, 5.41) is 0.424. The molecule has 1 aromatic heterocycles. The summed E-state index contributed by atoms with van der Waals surface area (Å²) in [5.74, 6) is 1.16. The highest BCUT2D eigenvalue weighted by Gasteiger charge is 2.03. The van der Waals surface area contributed by atoms with Crippen LogP contribution in [0.25, 0.3) is 0 Å². The third-order valence-electron chi connectivity index (χ3n) is 2.04. The van der Waals surface area contributed by atoms with E-state index in [-0.39, 0.29) is 0 Å². The van der Waals surface area contributed by atoms with E-state index in [4.69, 9.17) is 22.1 Å². The van der Waals surface area contributed by atoms with Crippen molar-refractivity contribution in [2.75, 3.05) is 0 Å². The Morgan fingerprint density at radius 1 is 1.25 bits per heavy atom. The number of hydrogen-bond donors (Lipinski definition) is 0. The molecule has 3 nitrogen and oxygen atoms in total. The van der Waals surface area contributed by atoms with E-state index in [1.807, 2.05) is 19.1 Å². The maximum absolute atomic E-state index is 7.39. The van der Waals surface area contributed by atoms with Crippen LogP contribution in [0.2, 0.25) is 5.02 Å². The molecule has 0 spiro atoms. The van der Waals surface area contributed by atoms with Crippen LogP contribution in [0, 0.1) is 6.92 Å². The van der Waals surface area contributed by atoms with Gasteiger partial charge in [0.25, 0.3) is 0 Å². The molecule has 1 radical (unpaired) electrons. The second-order valence-electron chi connectivity index (χ2n) is 3.38. The van der Waals surface area contributed by atoms with E-state index in [0.717, 1.165) is 5.69 Å². The van der Waals surface area contributed by atoms with Crippen molar-refractivity contribution in [3.63, 3.8) is 0 Å². The number of nitrogens with one attached hydrogen (secondary N) is 1. The number of benzene rings is 1. The van der Waals surface area contributed by atoms with Gasteiger partial charge in [0.1, 0.15) is 11.5 Å². The Morgan fingerprint density at radius 3 is 2.69 bits per heavy atom. The number of rotatable bonds is 2. The minimum Gasteiger partial charge on any atom is -0.454 e. The SMILES string of the molecule is Cc1ccc(Oc2ccc([NH])cc2Cl)cn1. The van der Waals surface area contributed by atoms with Crippen molar-refractivity contribution in [3.05, 3.63) is 47.2 Å². The smallest absolute Gasteiger partial charge is 0.146 e. The van der Waals surface area contributed by atoms with Crippen LogP contribution >= 0.6 is 11.6 Å². The summed E-state index contributed by atoms with van der Waals surface area (Å²) in [5.41, 5.74) is 8.68. The van der Waals surface area contributed by atoms with Crippen LogP contribution in [0.5, 0.6) is 11.5 Å². The van der Waals surface area contributed by atoms with Gasteiger partial charge in [-0.2, -0.15) is 0 Å². The molecular weight excluding hydrogens is 224 g/mol. The number of nitrogens with zero attached hydrogens (tertiary/aromatic N) is 1. The third-order valence-corrected chi connectivity index (χ3v) is 2.34. The van der Waals surface area contributed by atoms with E-state index in [1.54, 1.807) is 24.4 Å². The van der Waals surface area contributed by atoms with Crippen LogP contribution in [0.15, 0.2) is 36.5 Å². The predicted molar refractivity (Wildman–Crippen MR) is 63.3 cm³/mol. The van der Waals surface area contributed by atoms with Gasteiger partial charge < -0.3 is 10.5 Å². The lowest BCUT2D eigenvalue weighted by Gasteiger charge is -2.07. The Morgan fingerprint density at radius 2 is 2.06 bits per heavy atom. The Balaban J connectivity index is 2.23. The number of aromatic nitrogens is 1. The van der Waals surface area contributed by atoms with Crippen LogP contribution in [0.3, 0.4) is 0 Å². The standard InChI is InChI=1S/C12H10ClN2O/c1-8-2-4-10(7-15-8)16-12-5-3-9(14)6-11(12)13/h2-7,14H,1H3. The van der Waals surface area contributed by atoms with Gasteiger partial charge in [-0.3, -0.25) is 4.98 Å². The van der Waals surface area contributed by atoms with Crippen molar-refractivity contribution in [2.24, 2.45) is 0 Å². The first-order valence-electron chi connectivity index (χ1n) is 4.77. The molecule has 16 heavy (non-hydrogen) atoms. The molecule has 0 atom stereocenters. The van der Waals surface area contributed by atoms with Crippen LogP contribution < -0.4 is 10.5 Å². The first-order chi connectivity index (χ1) is 7.65. The van der Waals surface area contributed by atoms with Crippen molar-refractivity contribution >= 4 is 17.3 Å². The molecule has 0 aliphatic carbocycles. The zero-order valence-electron chi connectivity index (χ0n) is 8.70. The van der Waals surface area contributed by atoms with Crippen molar-refractivity contribution in [3.8, 4) is 11.5 Å². The van der Waals surface area contributed by atoms with E-state index in [0.29, 0.717) is 22.2 Å². The van der Waals surface area contributed by atoms with E-state index >= 15 is 0 Å². The molecule has 0 saturated heterocycles. The van der Waals surface area contributed by atoms with Gasteiger partial charge in [0.15, 0.2) is 0 Å². The van der Waals surface area contributed by atoms with Gasteiger partial charge in [-0.05, 0) is 37.3 Å². The van der Waals surface area contributed by atoms with Crippen molar-refractivity contribution in [1.82, 2.24) is 10.7 Å². The third kappa shape index (κ3) is 2.44. The molecule has 0 unspecified atom stereocenters. The van der Waals surface area contributed by atoms with E-state index in [9.17, 15) is 0 Å². The Labute approximate surface area is 98.8 Å². The lowest BCUT2D eigenvalue weighted by Crippen LogP contribution is -1.87. The minimum atomic E-state index is 0.361. The van der Waals surface area contributed by atoms with Gasteiger partial charge in [0, 0.05) is 5.69 Å². The largest absolute Gasteiger partial charge is 0.454 e. The highest BCUT2D eigenvalue weighted by Crippen LogP contribution is 2.30. The average molecular weight is 234 g/mol. The van der Waals surface area contributed by atoms with Gasteiger partial charge in [-0.1, -0.05) is 11.6 Å². The molecule has 1 heterocycles. The first kappa shape index (κ1) is 10.8. The zero-order valence-corrected chi connectivity index (χ0v) is 9.45. The quantitative estimate of drug-likeness (QED) is 0.793. The van der Waals surface area contributed by atoms with Crippen LogP contribution in [0.4, 0.5) is 5.69 Å². The molecule has 1 aromatic carbocycles. The summed E-state index contributed by atoms with van der Waals surface area (Å²) < 4.78 is 5.54. The average Bonchev–Trinajstić information content (AvgIpc) is 2.25. The van der Waals surface area contributed by atoms with E-state index < -0.39 is 0 Å². The number of ether oxygens (including phenoxy) is 1. The Hall–Kier alpha value is -1.74. The van der Waals surface area contributed by atoms with Gasteiger partial charge >= 0.3 is 0 Å². The molecule has 0 aliphatic heterocycles. The summed E-state index contributed by atoms with van der Waals surface area (Å²) in [6.45, 7) is 1.91. The van der Waals surface area contributed by atoms with E-state index in [2.05, 4.69) is 4.98 Å². The zero-order chi connectivity index (χ0) is 11.5. The highest BCUT2D eigenvalue weighted by atomic mass is 35.5. The number of hydrogen-bond acceptors (Lipinski definition) is 2. The molecular formula is C12H10ClN2O. The molecule has 1 N–H and O–H groups in total. The van der Waals surface area contributed by atoms with Crippen molar-refractivity contribution < 1.29 is 4.74 Å². The number of halogens is 1. The minimum absolute atomic E-state index is 0.361. The molecule has 2 rings (SSSR count). The molecule has 4 heteroatoms.